The molecule has 5 nitrogen and oxygen atoms in total. The minimum Gasteiger partial charge on any atom is -0.481 e. The van der Waals surface area contributed by atoms with Gasteiger partial charge in [0.2, 0.25) is 5.91 Å². The normalized spacial score (nSPS) is 18.2. The molecule has 0 radical (unpaired) electrons. The number of aryl methyl sites for hydroxylation is 1. The number of carboxylic acid groups (broad SMARTS) is 1. The first kappa shape index (κ1) is 13.0. The van der Waals surface area contributed by atoms with Gasteiger partial charge in [0.05, 0.1) is 12.1 Å². The zero-order valence-electron chi connectivity index (χ0n) is 10.2. The molecule has 1 heterocycles. The van der Waals surface area contributed by atoms with Gasteiger partial charge in [0.15, 0.2) is 5.13 Å². The van der Waals surface area contributed by atoms with E-state index < -0.39 is 5.97 Å². The summed E-state index contributed by atoms with van der Waals surface area (Å²) in [5.74, 6) is -0.567. The van der Waals surface area contributed by atoms with E-state index in [2.05, 4.69) is 17.2 Å². The van der Waals surface area contributed by atoms with E-state index in [4.69, 9.17) is 5.11 Å². The fraction of sp³-hybridized carbons (Fsp3) is 0.583. The Kier molecular flexibility index (Phi) is 3.96. The maximum absolute atomic E-state index is 11.5. The second-order valence-corrected chi connectivity index (χ2v) is 5.76. The van der Waals surface area contributed by atoms with Crippen molar-refractivity contribution >= 4 is 28.3 Å². The number of aliphatic carboxylic acids is 1. The smallest absolute Gasteiger partial charge is 0.303 e. The molecule has 18 heavy (non-hydrogen) atoms. The van der Waals surface area contributed by atoms with E-state index in [1.54, 1.807) is 0 Å². The van der Waals surface area contributed by atoms with Gasteiger partial charge in [0, 0.05) is 11.3 Å². The van der Waals surface area contributed by atoms with Crippen LogP contribution in [0.4, 0.5) is 5.13 Å². The van der Waals surface area contributed by atoms with Crippen molar-refractivity contribution in [3.63, 3.8) is 0 Å². The van der Waals surface area contributed by atoms with Crippen molar-refractivity contribution in [1.82, 2.24) is 4.98 Å². The Morgan fingerprint density at radius 2 is 2.28 bits per heavy atom. The number of anilines is 1. The molecule has 0 aliphatic heterocycles. The highest BCUT2D eigenvalue weighted by Gasteiger charge is 2.20. The van der Waals surface area contributed by atoms with Crippen LogP contribution >= 0.6 is 11.3 Å². The third-order valence-corrected chi connectivity index (χ3v) is 4.03. The van der Waals surface area contributed by atoms with Crippen molar-refractivity contribution in [2.45, 2.75) is 39.0 Å². The van der Waals surface area contributed by atoms with Gasteiger partial charge in [-0.25, -0.2) is 4.98 Å². The number of thiazole rings is 1. The Morgan fingerprint density at radius 3 is 3.00 bits per heavy atom. The average molecular weight is 268 g/mol. The first-order valence-electron chi connectivity index (χ1n) is 6.05. The number of fused-ring (bicyclic) bond motifs is 1. The number of carbonyl (C=O) groups is 2. The van der Waals surface area contributed by atoms with Crippen LogP contribution in [0, 0.1) is 5.92 Å². The summed E-state index contributed by atoms with van der Waals surface area (Å²) >= 11 is 1.51. The number of nitrogens with zero attached hydrogens (tertiary/aromatic N) is 1. The lowest BCUT2D eigenvalue weighted by Crippen LogP contribution is -2.13. The zero-order chi connectivity index (χ0) is 13.1. The van der Waals surface area contributed by atoms with Crippen LogP contribution in [0.25, 0.3) is 0 Å². The van der Waals surface area contributed by atoms with Crippen LogP contribution in [0.5, 0.6) is 0 Å². The van der Waals surface area contributed by atoms with Gasteiger partial charge >= 0.3 is 5.97 Å². The van der Waals surface area contributed by atoms with E-state index in [9.17, 15) is 9.59 Å². The van der Waals surface area contributed by atoms with E-state index >= 15 is 0 Å². The molecule has 1 aliphatic carbocycles. The molecule has 0 saturated carbocycles. The van der Waals surface area contributed by atoms with E-state index in [0.29, 0.717) is 11.0 Å². The summed E-state index contributed by atoms with van der Waals surface area (Å²) in [6.07, 6.45) is 2.99. The molecule has 1 aromatic rings. The molecule has 0 fully saturated rings. The molecule has 1 aliphatic rings. The maximum Gasteiger partial charge on any atom is 0.303 e. The highest BCUT2D eigenvalue weighted by Crippen LogP contribution is 2.32. The molecule has 6 heteroatoms. The molecular formula is C12H16N2O3S. The van der Waals surface area contributed by atoms with Crippen LogP contribution < -0.4 is 5.32 Å². The molecular weight excluding hydrogens is 252 g/mol. The molecule has 0 spiro atoms. The van der Waals surface area contributed by atoms with Crippen LogP contribution in [0.15, 0.2) is 0 Å². The van der Waals surface area contributed by atoms with Crippen molar-refractivity contribution in [2.24, 2.45) is 5.92 Å². The Balaban J connectivity index is 1.94. The lowest BCUT2D eigenvalue weighted by molar-refractivity contribution is -0.138. The molecule has 0 unspecified atom stereocenters. The molecule has 98 valence electrons. The minimum absolute atomic E-state index is 0.00399. The first-order chi connectivity index (χ1) is 8.54. The maximum atomic E-state index is 11.5. The second kappa shape index (κ2) is 5.48. The van der Waals surface area contributed by atoms with E-state index in [1.165, 1.54) is 16.2 Å². The van der Waals surface area contributed by atoms with Gasteiger partial charge in [-0.1, -0.05) is 6.92 Å². The van der Waals surface area contributed by atoms with Gasteiger partial charge < -0.3 is 10.4 Å². The summed E-state index contributed by atoms with van der Waals surface area (Å²) < 4.78 is 0. The topological polar surface area (TPSA) is 79.3 Å². The summed E-state index contributed by atoms with van der Waals surface area (Å²) in [4.78, 5) is 27.5. The highest BCUT2D eigenvalue weighted by atomic mass is 32.1. The van der Waals surface area contributed by atoms with Gasteiger partial charge in [-0.15, -0.1) is 11.3 Å². The van der Waals surface area contributed by atoms with Crippen molar-refractivity contribution in [1.29, 1.82) is 0 Å². The van der Waals surface area contributed by atoms with Crippen molar-refractivity contribution in [3.05, 3.63) is 10.6 Å². The standard InChI is InChI=1S/C12H16N2O3S/c1-7-2-3-8-9(6-7)18-12(13-8)14-10(15)4-5-11(16)17/h7H,2-6H2,1H3,(H,16,17)(H,13,14,15)/t7-/m0/s1. The number of carboxylic acids is 1. The highest BCUT2D eigenvalue weighted by molar-refractivity contribution is 7.15. The summed E-state index contributed by atoms with van der Waals surface area (Å²) in [6.45, 7) is 2.22. The quantitative estimate of drug-likeness (QED) is 0.876. The van der Waals surface area contributed by atoms with Crippen LogP contribution in [0.1, 0.15) is 36.8 Å². The summed E-state index contributed by atoms with van der Waals surface area (Å²) in [5.41, 5.74) is 1.09. The molecule has 2 N–H and O–H groups in total. The summed E-state index contributed by atoms with van der Waals surface area (Å²) in [6, 6.07) is 0. The Labute approximate surface area is 109 Å². The zero-order valence-corrected chi connectivity index (χ0v) is 11.0. The number of carbonyl (C=O) groups excluding carboxylic acids is 1. The number of hydrogen-bond donors (Lipinski definition) is 2. The molecule has 2 rings (SSSR count). The van der Waals surface area contributed by atoms with Gasteiger partial charge in [-0.2, -0.15) is 0 Å². The largest absolute Gasteiger partial charge is 0.481 e. The Bertz CT molecular complexity index is 470. The third kappa shape index (κ3) is 3.29. The fourth-order valence-corrected chi connectivity index (χ4v) is 3.18. The van der Waals surface area contributed by atoms with E-state index in [0.717, 1.165) is 25.0 Å². The second-order valence-electron chi connectivity index (χ2n) is 4.68. The molecule has 1 atom stereocenters. The first-order valence-corrected chi connectivity index (χ1v) is 6.86. The number of hydrogen-bond acceptors (Lipinski definition) is 4. The van der Waals surface area contributed by atoms with Crippen LogP contribution in [-0.4, -0.2) is 22.0 Å². The lowest BCUT2D eigenvalue weighted by Gasteiger charge is -2.15. The van der Waals surface area contributed by atoms with Gasteiger partial charge in [-0.05, 0) is 25.2 Å². The third-order valence-electron chi connectivity index (χ3n) is 3.00. The van der Waals surface area contributed by atoms with E-state index in [-0.39, 0.29) is 18.7 Å². The number of amides is 1. The molecule has 1 amide bonds. The molecule has 1 aromatic heterocycles. The van der Waals surface area contributed by atoms with Gasteiger partial charge in [0.1, 0.15) is 0 Å². The molecule has 0 aromatic carbocycles. The average Bonchev–Trinajstić information content (AvgIpc) is 2.67. The summed E-state index contributed by atoms with van der Waals surface area (Å²) in [7, 11) is 0. The molecule has 0 saturated heterocycles. The van der Waals surface area contributed by atoms with Gasteiger partial charge in [0.25, 0.3) is 0 Å². The Morgan fingerprint density at radius 1 is 1.50 bits per heavy atom. The van der Waals surface area contributed by atoms with Crippen LogP contribution in [0.3, 0.4) is 0 Å². The number of nitrogens with one attached hydrogen (secondary N) is 1. The lowest BCUT2D eigenvalue weighted by atomic mass is 9.93. The van der Waals surface area contributed by atoms with Crippen LogP contribution in [0.2, 0.25) is 0 Å². The van der Waals surface area contributed by atoms with Crippen molar-refractivity contribution in [3.8, 4) is 0 Å². The SMILES string of the molecule is C[C@H]1CCc2nc(NC(=O)CCC(=O)O)sc2C1. The number of rotatable bonds is 4. The fourth-order valence-electron chi connectivity index (χ4n) is 2.00. The van der Waals surface area contributed by atoms with Crippen molar-refractivity contribution in [2.75, 3.05) is 5.32 Å². The van der Waals surface area contributed by atoms with Crippen LogP contribution in [-0.2, 0) is 22.4 Å². The predicted octanol–water partition coefficient (Wildman–Crippen LogP) is 2.07. The Hall–Kier alpha value is -1.43. The summed E-state index contributed by atoms with van der Waals surface area (Å²) in [5, 5.41) is 11.8. The van der Waals surface area contributed by atoms with Gasteiger partial charge in [-0.3, -0.25) is 9.59 Å². The number of aromatic nitrogens is 1. The molecule has 0 bridgehead atoms. The predicted molar refractivity (Wildman–Crippen MR) is 68.8 cm³/mol. The van der Waals surface area contributed by atoms with Crippen molar-refractivity contribution < 1.29 is 14.7 Å². The monoisotopic (exact) mass is 268 g/mol. The van der Waals surface area contributed by atoms with E-state index in [1.807, 2.05) is 0 Å². The minimum atomic E-state index is -0.961.